The smallest absolute Gasteiger partial charge is 0.262 e. The molecule has 3 aromatic rings. The molecule has 0 atom stereocenters. The van der Waals surface area contributed by atoms with Gasteiger partial charge in [0.1, 0.15) is 5.75 Å². The lowest BCUT2D eigenvalue weighted by Crippen LogP contribution is -2.38. The number of ether oxygens (including phenoxy) is 1. The van der Waals surface area contributed by atoms with Crippen LogP contribution in [0.2, 0.25) is 0 Å². The fourth-order valence-electron chi connectivity index (χ4n) is 4.18. The van der Waals surface area contributed by atoms with Gasteiger partial charge >= 0.3 is 0 Å². The minimum Gasteiger partial charge on any atom is -0.482 e. The Bertz CT molecular complexity index is 1120. The van der Waals surface area contributed by atoms with Crippen LogP contribution >= 0.6 is 0 Å². The van der Waals surface area contributed by atoms with Crippen LogP contribution in [0.1, 0.15) is 12.8 Å². The van der Waals surface area contributed by atoms with Crippen LogP contribution in [0.3, 0.4) is 0 Å². The van der Waals surface area contributed by atoms with Crippen LogP contribution in [0.15, 0.2) is 60.7 Å². The summed E-state index contributed by atoms with van der Waals surface area (Å²) in [5.41, 5.74) is 2.47. The molecule has 1 saturated heterocycles. The Kier molecular flexibility index (Phi) is 4.75. The first-order valence-electron chi connectivity index (χ1n) is 10.3. The SMILES string of the molecule is O=C1COc2ccc(NC(=O)C3CCN(c4ccc5ccccc5c4)CC3)cc2N1. The van der Waals surface area contributed by atoms with Crippen molar-refractivity contribution >= 4 is 39.6 Å². The fraction of sp³-hybridized carbons (Fsp3) is 0.250. The van der Waals surface area contributed by atoms with Gasteiger partial charge in [-0.3, -0.25) is 9.59 Å². The van der Waals surface area contributed by atoms with Crippen molar-refractivity contribution in [3.63, 3.8) is 0 Å². The predicted octanol–water partition coefficient (Wildman–Crippen LogP) is 4.03. The Balaban J connectivity index is 1.21. The van der Waals surface area contributed by atoms with E-state index < -0.39 is 0 Å². The first-order valence-corrected chi connectivity index (χ1v) is 10.3. The van der Waals surface area contributed by atoms with Crippen molar-refractivity contribution in [2.45, 2.75) is 12.8 Å². The van der Waals surface area contributed by atoms with Crippen LogP contribution < -0.4 is 20.3 Å². The van der Waals surface area contributed by atoms with E-state index in [4.69, 9.17) is 4.74 Å². The molecule has 2 N–H and O–H groups in total. The van der Waals surface area contributed by atoms with Crippen LogP contribution in [0.5, 0.6) is 5.75 Å². The summed E-state index contributed by atoms with van der Waals surface area (Å²) in [6, 6.07) is 20.2. The molecular formula is C24H23N3O3. The summed E-state index contributed by atoms with van der Waals surface area (Å²) in [6.07, 6.45) is 1.62. The number of anilines is 3. The lowest BCUT2D eigenvalue weighted by molar-refractivity contribution is -0.120. The number of hydrogen-bond donors (Lipinski definition) is 2. The van der Waals surface area contributed by atoms with Gasteiger partial charge in [0.2, 0.25) is 5.91 Å². The average Bonchev–Trinajstić information content (AvgIpc) is 2.78. The summed E-state index contributed by atoms with van der Waals surface area (Å²) < 4.78 is 5.36. The Hall–Kier alpha value is -3.54. The lowest BCUT2D eigenvalue weighted by Gasteiger charge is -2.33. The van der Waals surface area contributed by atoms with E-state index in [2.05, 4.69) is 58.0 Å². The molecule has 0 radical (unpaired) electrons. The number of nitrogens with zero attached hydrogens (tertiary/aromatic N) is 1. The summed E-state index contributed by atoms with van der Waals surface area (Å²) in [5.74, 6) is 0.433. The molecule has 2 amide bonds. The molecule has 0 bridgehead atoms. The maximum Gasteiger partial charge on any atom is 0.262 e. The highest BCUT2D eigenvalue weighted by atomic mass is 16.5. The average molecular weight is 401 g/mol. The van der Waals surface area contributed by atoms with Gasteiger partial charge in [-0.15, -0.1) is 0 Å². The molecule has 6 nitrogen and oxygen atoms in total. The van der Waals surface area contributed by atoms with E-state index in [1.165, 1.54) is 16.5 Å². The number of amides is 2. The maximum absolute atomic E-state index is 12.8. The number of fused-ring (bicyclic) bond motifs is 2. The van der Waals surface area contributed by atoms with Crippen LogP contribution in [0.4, 0.5) is 17.1 Å². The van der Waals surface area contributed by atoms with Gasteiger partial charge < -0.3 is 20.3 Å². The van der Waals surface area contributed by atoms with Gasteiger partial charge in [-0.2, -0.15) is 0 Å². The van der Waals surface area contributed by atoms with Crippen molar-refractivity contribution in [1.82, 2.24) is 0 Å². The highest BCUT2D eigenvalue weighted by Gasteiger charge is 2.26. The van der Waals surface area contributed by atoms with Gasteiger partial charge in [-0.25, -0.2) is 0 Å². The molecule has 0 unspecified atom stereocenters. The Morgan fingerprint density at radius 3 is 2.63 bits per heavy atom. The molecule has 3 aromatic carbocycles. The number of carbonyl (C=O) groups is 2. The number of piperidine rings is 1. The molecule has 2 heterocycles. The minimum atomic E-state index is -0.188. The fourth-order valence-corrected chi connectivity index (χ4v) is 4.18. The summed E-state index contributed by atoms with van der Waals surface area (Å²) in [4.78, 5) is 26.6. The van der Waals surface area contributed by atoms with Gasteiger partial charge in [0.05, 0.1) is 5.69 Å². The molecule has 152 valence electrons. The standard InChI is InChI=1S/C24H23N3O3/c28-23-15-30-22-8-6-19(14-21(22)26-23)25-24(29)17-9-11-27(12-10-17)20-7-5-16-3-1-2-4-18(16)13-20/h1-8,13-14,17H,9-12,15H2,(H,25,29)(H,26,28). The molecule has 0 aliphatic carbocycles. The second kappa shape index (κ2) is 7.71. The third-order valence-corrected chi connectivity index (χ3v) is 5.84. The molecule has 0 spiro atoms. The number of benzene rings is 3. The van der Waals surface area contributed by atoms with Crippen molar-refractivity contribution in [2.75, 3.05) is 35.2 Å². The monoisotopic (exact) mass is 401 g/mol. The first kappa shape index (κ1) is 18.5. The number of hydrogen-bond acceptors (Lipinski definition) is 4. The first-order chi connectivity index (χ1) is 14.7. The molecular weight excluding hydrogens is 378 g/mol. The largest absolute Gasteiger partial charge is 0.482 e. The number of rotatable bonds is 3. The molecule has 0 saturated carbocycles. The Morgan fingerprint density at radius 2 is 1.80 bits per heavy atom. The van der Waals surface area contributed by atoms with Gasteiger partial charge in [-0.1, -0.05) is 30.3 Å². The number of carbonyl (C=O) groups excluding carboxylic acids is 2. The number of nitrogens with one attached hydrogen (secondary N) is 2. The third kappa shape index (κ3) is 3.68. The predicted molar refractivity (Wildman–Crippen MR) is 118 cm³/mol. The molecule has 30 heavy (non-hydrogen) atoms. The van der Waals surface area contributed by atoms with Gasteiger partial charge in [0.25, 0.3) is 5.91 Å². The minimum absolute atomic E-state index is 0.0223. The summed E-state index contributed by atoms with van der Waals surface area (Å²) in [7, 11) is 0. The molecule has 2 aliphatic rings. The zero-order valence-corrected chi connectivity index (χ0v) is 16.6. The van der Waals surface area contributed by atoms with Gasteiger partial charge in [0, 0.05) is 30.4 Å². The van der Waals surface area contributed by atoms with E-state index in [1.807, 2.05) is 0 Å². The second-order valence-electron chi connectivity index (χ2n) is 7.83. The maximum atomic E-state index is 12.8. The van der Waals surface area contributed by atoms with Gasteiger partial charge in [0.15, 0.2) is 6.61 Å². The highest BCUT2D eigenvalue weighted by molar-refractivity contribution is 5.98. The second-order valence-corrected chi connectivity index (χ2v) is 7.83. The topological polar surface area (TPSA) is 70.7 Å². The highest BCUT2D eigenvalue weighted by Crippen LogP contribution is 2.31. The Morgan fingerprint density at radius 1 is 1.00 bits per heavy atom. The normalized spacial score (nSPS) is 16.5. The van der Waals surface area contributed by atoms with Crippen LogP contribution in [-0.2, 0) is 9.59 Å². The van der Waals surface area contributed by atoms with Crippen molar-refractivity contribution in [1.29, 1.82) is 0 Å². The van der Waals surface area contributed by atoms with Crippen molar-refractivity contribution in [3.05, 3.63) is 60.7 Å². The third-order valence-electron chi connectivity index (χ3n) is 5.84. The van der Waals surface area contributed by atoms with E-state index in [0.29, 0.717) is 17.1 Å². The Labute approximate surface area is 174 Å². The van der Waals surface area contributed by atoms with E-state index in [-0.39, 0.29) is 24.3 Å². The van der Waals surface area contributed by atoms with E-state index in [9.17, 15) is 9.59 Å². The zero-order valence-electron chi connectivity index (χ0n) is 16.6. The van der Waals surface area contributed by atoms with E-state index >= 15 is 0 Å². The summed E-state index contributed by atoms with van der Waals surface area (Å²) in [6.45, 7) is 1.73. The summed E-state index contributed by atoms with van der Waals surface area (Å²) >= 11 is 0. The van der Waals surface area contributed by atoms with Crippen LogP contribution in [0.25, 0.3) is 10.8 Å². The molecule has 2 aliphatic heterocycles. The molecule has 6 heteroatoms. The molecule has 1 fully saturated rings. The molecule has 0 aromatic heterocycles. The van der Waals surface area contributed by atoms with Crippen molar-refractivity contribution in [3.8, 4) is 5.75 Å². The van der Waals surface area contributed by atoms with Crippen LogP contribution in [-0.4, -0.2) is 31.5 Å². The van der Waals surface area contributed by atoms with E-state index in [0.717, 1.165) is 25.9 Å². The lowest BCUT2D eigenvalue weighted by atomic mass is 9.95. The summed E-state index contributed by atoms with van der Waals surface area (Å²) in [5, 5.41) is 8.23. The van der Waals surface area contributed by atoms with E-state index in [1.54, 1.807) is 18.2 Å². The quantitative estimate of drug-likeness (QED) is 0.695. The van der Waals surface area contributed by atoms with Crippen LogP contribution in [0, 0.1) is 5.92 Å². The van der Waals surface area contributed by atoms with Crippen molar-refractivity contribution < 1.29 is 14.3 Å². The van der Waals surface area contributed by atoms with Gasteiger partial charge in [-0.05, 0) is 53.9 Å². The zero-order chi connectivity index (χ0) is 20.5. The van der Waals surface area contributed by atoms with Crippen molar-refractivity contribution in [2.24, 2.45) is 5.92 Å². The molecule has 5 rings (SSSR count).